The van der Waals surface area contributed by atoms with E-state index in [1.165, 1.54) is 23.5 Å². The summed E-state index contributed by atoms with van der Waals surface area (Å²) >= 11 is 1.41. The molecule has 2 saturated carbocycles. The SMILES string of the molecule is CCC1(Cn2ncc(-c3ccc(N4CCc5cccc(C(=O)Nc6nc7ccccc7s6)c5C4)nc3C(=O)O)c2C)CC2(C)CC(C)(C)CC(OCCNC(=O)[C@H](CS(=O)(=O)O)NC(=O)CCCCCN3C(=O)C=CC3=O)(C2)C1. The number of unbranched alkanes of at least 4 members (excludes halogenated alkanes) is 2. The maximum atomic E-state index is 13.7. The zero-order chi connectivity index (χ0) is 56.5. The van der Waals surface area contributed by atoms with Crippen LogP contribution in [-0.2, 0) is 53.5 Å². The minimum Gasteiger partial charge on any atom is -0.476 e. The predicted octanol–water partition coefficient (Wildman–Crippen LogP) is 7.51. The lowest BCUT2D eigenvalue weighted by Gasteiger charge is -2.62. The molecule has 4 aliphatic rings. The molecule has 0 radical (unpaired) electrons. The lowest BCUT2D eigenvalue weighted by molar-refractivity contribution is -0.197. The van der Waals surface area contributed by atoms with Gasteiger partial charge in [-0.2, -0.15) is 13.5 Å². The molecule has 0 saturated heterocycles. The molecule has 3 aromatic heterocycles. The van der Waals surface area contributed by atoms with Crippen molar-refractivity contribution < 1.29 is 51.6 Å². The molecule has 20 nitrogen and oxygen atoms in total. The van der Waals surface area contributed by atoms with Crippen LogP contribution in [0.2, 0.25) is 0 Å². The van der Waals surface area contributed by atoms with Gasteiger partial charge >= 0.3 is 5.97 Å². The minimum atomic E-state index is -4.67. The van der Waals surface area contributed by atoms with Gasteiger partial charge in [0, 0.05) is 73.7 Å². The summed E-state index contributed by atoms with van der Waals surface area (Å²) < 4.78 is 43.5. The number of amides is 5. The van der Waals surface area contributed by atoms with Crippen molar-refractivity contribution in [2.75, 3.05) is 42.2 Å². The molecule has 9 rings (SSSR count). The summed E-state index contributed by atoms with van der Waals surface area (Å²) in [6, 6.07) is 15.4. The standard InChI is InChI=1S/C57H69N9O11S2/c1-6-56(32-55(5)30-54(3,4)31-57(33-55,34-56)77-26-23-58-51(71)43(29-79(74,75)76)60-46(67)17-8-7-11-24-65-47(68)20-21-48(65)69)35-66-36(2)40(27-59-66)38-18-19-45(62-49(38)52(72)73)64-25-22-37-13-12-14-39(41(37)28-64)50(70)63-53-61-42-15-9-10-16-44(42)78-53/h9-10,12-16,18-21,27,43H,6-8,11,17,22-26,28-35H2,1-5H3,(H,58,71)(H,60,67)(H,72,73)(H,61,63,70)(H,74,75,76)/t43-,55?,56?,57?/m0/s1. The highest BCUT2D eigenvalue weighted by molar-refractivity contribution is 7.85. The van der Waals surface area contributed by atoms with Crippen molar-refractivity contribution in [2.24, 2.45) is 16.2 Å². The highest BCUT2D eigenvalue weighted by Gasteiger charge is 2.59. The van der Waals surface area contributed by atoms with E-state index in [2.05, 4.69) is 48.6 Å². The van der Waals surface area contributed by atoms with Gasteiger partial charge in [-0.15, -0.1) is 0 Å². The van der Waals surface area contributed by atoms with Crippen LogP contribution in [0.25, 0.3) is 21.3 Å². The third-order valence-corrected chi connectivity index (χ3v) is 17.8. The number of thiazole rings is 1. The van der Waals surface area contributed by atoms with Crippen LogP contribution in [0.1, 0.15) is 130 Å². The van der Waals surface area contributed by atoms with Gasteiger partial charge in [0.1, 0.15) is 17.6 Å². The van der Waals surface area contributed by atoms with E-state index in [1.54, 1.807) is 18.3 Å². The molecule has 2 aliphatic carbocycles. The topological polar surface area (TPSA) is 272 Å². The number of aromatic carboxylic acids is 1. The molecule has 79 heavy (non-hydrogen) atoms. The van der Waals surface area contributed by atoms with E-state index >= 15 is 0 Å². The Morgan fingerprint density at radius 3 is 2.41 bits per heavy atom. The molecule has 0 spiro atoms. The Balaban J connectivity index is 0.851. The van der Waals surface area contributed by atoms with E-state index < -0.39 is 57.1 Å². The van der Waals surface area contributed by atoms with E-state index in [4.69, 9.17) is 14.8 Å². The Hall–Kier alpha value is -6.88. The van der Waals surface area contributed by atoms with Crippen LogP contribution in [0.3, 0.4) is 0 Å². The average molecular weight is 1120 g/mol. The van der Waals surface area contributed by atoms with E-state index in [0.717, 1.165) is 64.0 Å². The molecule has 4 atom stereocenters. The number of fused-ring (bicyclic) bond motifs is 4. The summed E-state index contributed by atoms with van der Waals surface area (Å²) in [7, 11) is -4.67. The van der Waals surface area contributed by atoms with E-state index in [1.807, 2.05) is 59.0 Å². The first-order valence-electron chi connectivity index (χ1n) is 26.9. The van der Waals surface area contributed by atoms with Crippen molar-refractivity contribution >= 4 is 78.1 Å². The Labute approximate surface area is 463 Å². The van der Waals surface area contributed by atoms with E-state index in [0.29, 0.717) is 79.4 Å². The average Bonchev–Trinajstić information content (AvgIpc) is 4.23. The smallest absolute Gasteiger partial charge is 0.355 e. The van der Waals surface area contributed by atoms with Crippen molar-refractivity contribution in [3.8, 4) is 11.1 Å². The zero-order valence-corrected chi connectivity index (χ0v) is 46.9. The molecule has 5 amide bonds. The Bertz CT molecular complexity index is 3300. The summed E-state index contributed by atoms with van der Waals surface area (Å²) in [4.78, 5) is 89.2. The van der Waals surface area contributed by atoms with Crippen molar-refractivity contribution in [1.29, 1.82) is 0 Å². The quantitative estimate of drug-likeness (QED) is 0.0255. The molecule has 420 valence electrons. The largest absolute Gasteiger partial charge is 0.476 e. The van der Waals surface area contributed by atoms with Crippen LogP contribution in [-0.4, -0.2) is 122 Å². The number of carboxylic acids is 1. The van der Waals surface area contributed by atoms with Crippen LogP contribution >= 0.6 is 11.3 Å². The molecule has 5 aromatic rings. The van der Waals surface area contributed by atoms with Crippen molar-refractivity contribution in [1.82, 2.24) is 35.3 Å². The van der Waals surface area contributed by atoms with Crippen LogP contribution in [0, 0.1) is 23.2 Å². The Morgan fingerprint density at radius 2 is 1.67 bits per heavy atom. The number of pyridine rings is 1. The fourth-order valence-electron chi connectivity index (χ4n) is 13.4. The number of carbonyl (C=O) groups is 6. The van der Waals surface area contributed by atoms with Crippen molar-refractivity contribution in [2.45, 2.75) is 130 Å². The molecule has 22 heteroatoms. The van der Waals surface area contributed by atoms with Gasteiger partial charge in [0.2, 0.25) is 11.8 Å². The van der Waals surface area contributed by atoms with Gasteiger partial charge in [0.15, 0.2) is 10.8 Å². The lowest BCUT2D eigenvalue weighted by atomic mass is 9.47. The maximum absolute atomic E-state index is 13.7. The number of imide groups is 1. The van der Waals surface area contributed by atoms with Crippen LogP contribution in [0.4, 0.5) is 10.9 Å². The van der Waals surface area contributed by atoms with Gasteiger partial charge in [-0.05, 0) is 122 Å². The second-order valence-electron chi connectivity index (χ2n) is 23.1. The van der Waals surface area contributed by atoms with Gasteiger partial charge in [-0.25, -0.2) is 14.8 Å². The van der Waals surface area contributed by atoms with Gasteiger partial charge < -0.3 is 25.4 Å². The first-order valence-corrected chi connectivity index (χ1v) is 29.4. The molecule has 2 fully saturated rings. The third kappa shape index (κ3) is 13.1. The number of aromatic nitrogens is 4. The summed E-state index contributed by atoms with van der Waals surface area (Å²) in [6.07, 6.45) is 10.9. The van der Waals surface area contributed by atoms with E-state index in [-0.39, 0.29) is 54.0 Å². The number of carbonyl (C=O) groups excluding carboxylic acids is 5. The summed E-state index contributed by atoms with van der Waals surface area (Å²) in [5.41, 5.74) is 3.90. The number of nitrogens with one attached hydrogen (secondary N) is 3. The van der Waals surface area contributed by atoms with Gasteiger partial charge in [-0.1, -0.05) is 69.7 Å². The fourth-order valence-corrected chi connectivity index (χ4v) is 14.9. The number of carboxylic acid groups (broad SMARTS) is 1. The van der Waals surface area contributed by atoms with Crippen molar-refractivity contribution in [3.63, 3.8) is 0 Å². The maximum Gasteiger partial charge on any atom is 0.355 e. The number of ether oxygens (including phenoxy) is 1. The molecule has 5 heterocycles. The zero-order valence-electron chi connectivity index (χ0n) is 45.3. The first kappa shape index (κ1) is 56.8. The molecule has 2 aliphatic heterocycles. The first-order chi connectivity index (χ1) is 37.4. The predicted molar refractivity (Wildman–Crippen MR) is 298 cm³/mol. The molecule has 2 bridgehead atoms. The summed E-state index contributed by atoms with van der Waals surface area (Å²) in [5, 5.41) is 24.2. The van der Waals surface area contributed by atoms with Gasteiger partial charge in [0.05, 0.1) is 28.6 Å². The highest BCUT2D eigenvalue weighted by atomic mass is 32.2. The number of benzene rings is 2. The van der Waals surface area contributed by atoms with Gasteiger partial charge in [0.25, 0.3) is 27.8 Å². The molecular formula is C57H69N9O11S2. The third-order valence-electron chi connectivity index (χ3n) is 16.0. The van der Waals surface area contributed by atoms with Crippen LogP contribution in [0.15, 0.2) is 72.9 Å². The molecule has 2 aromatic carbocycles. The summed E-state index contributed by atoms with van der Waals surface area (Å²) in [5.74, 6) is -4.15. The van der Waals surface area contributed by atoms with Crippen LogP contribution < -0.4 is 20.9 Å². The second kappa shape index (κ2) is 22.7. The number of rotatable bonds is 22. The van der Waals surface area contributed by atoms with Gasteiger partial charge in [-0.3, -0.25) is 43.4 Å². The Morgan fingerprint density at radius 1 is 0.899 bits per heavy atom. The van der Waals surface area contributed by atoms with Crippen LogP contribution in [0.5, 0.6) is 0 Å². The highest BCUT2D eigenvalue weighted by Crippen LogP contribution is 2.64. The second-order valence-corrected chi connectivity index (χ2v) is 25.6. The number of anilines is 2. The van der Waals surface area contributed by atoms with Crippen molar-refractivity contribution in [3.05, 3.63) is 101 Å². The molecule has 5 N–H and O–H groups in total. The normalized spacial score (nSPS) is 21.9. The Kier molecular flexibility index (Phi) is 16.3. The molecular weight excluding hydrogens is 1050 g/mol. The number of nitrogens with zero attached hydrogens (tertiary/aromatic N) is 6. The number of hydrogen-bond donors (Lipinski definition) is 5. The fraction of sp³-hybridized carbons (Fsp3) is 0.491. The summed E-state index contributed by atoms with van der Waals surface area (Å²) in [6.45, 7) is 12.7. The molecule has 3 unspecified atom stereocenters. The minimum absolute atomic E-state index is 0.00685. The number of hydrogen-bond acceptors (Lipinski definition) is 14. The monoisotopic (exact) mass is 1120 g/mol. The lowest BCUT2D eigenvalue weighted by Crippen LogP contribution is -2.58. The number of para-hydroxylation sites is 1. The van der Waals surface area contributed by atoms with E-state index in [9.17, 15) is 46.8 Å².